The molecule has 8 nitrogen and oxygen atoms in total. The van der Waals surface area contributed by atoms with E-state index in [0.29, 0.717) is 16.7 Å². The fourth-order valence-electron chi connectivity index (χ4n) is 2.27. The van der Waals surface area contributed by atoms with E-state index in [0.717, 1.165) is 17.9 Å². The standard InChI is InChI=1S/C20H25FN4O4S/c1-13(2)8-9-22-20-24-16(12-30-20)19(28)29-11-18(27)25(3)10-17(26)23-15-6-4-14(21)5-7-15/h4-7,12-13H,8-11H2,1-3H3,(H,22,24)(H,23,26). The molecule has 2 N–H and O–H groups in total. The Hall–Kier alpha value is -3.01. The zero-order valence-corrected chi connectivity index (χ0v) is 17.9. The van der Waals surface area contributed by atoms with Crippen molar-refractivity contribution < 1.29 is 23.5 Å². The Kier molecular flexibility index (Phi) is 8.72. The number of halogens is 1. The zero-order valence-electron chi connectivity index (χ0n) is 17.1. The lowest BCUT2D eigenvalue weighted by Crippen LogP contribution is -2.37. The van der Waals surface area contributed by atoms with Gasteiger partial charge in [-0.15, -0.1) is 11.3 Å². The highest BCUT2D eigenvalue weighted by atomic mass is 32.1. The van der Waals surface area contributed by atoms with E-state index >= 15 is 0 Å². The molecule has 0 saturated carbocycles. The van der Waals surface area contributed by atoms with E-state index < -0.39 is 30.2 Å². The first-order valence-electron chi connectivity index (χ1n) is 9.40. The predicted octanol–water partition coefficient (Wildman–Crippen LogP) is 2.99. The molecule has 0 bridgehead atoms. The smallest absolute Gasteiger partial charge is 0.358 e. The maximum absolute atomic E-state index is 12.9. The number of carbonyl (C=O) groups excluding carboxylic acids is 3. The summed E-state index contributed by atoms with van der Waals surface area (Å²) < 4.78 is 17.9. The molecule has 30 heavy (non-hydrogen) atoms. The average molecular weight is 437 g/mol. The van der Waals surface area contributed by atoms with Crippen molar-refractivity contribution in [2.75, 3.05) is 37.4 Å². The quantitative estimate of drug-likeness (QED) is 0.556. The van der Waals surface area contributed by atoms with Crippen LogP contribution in [-0.4, -0.2) is 54.4 Å². The van der Waals surface area contributed by atoms with Gasteiger partial charge in [-0.1, -0.05) is 13.8 Å². The molecule has 1 aromatic carbocycles. The van der Waals surface area contributed by atoms with Crippen molar-refractivity contribution in [3.8, 4) is 0 Å². The van der Waals surface area contributed by atoms with Gasteiger partial charge < -0.3 is 20.3 Å². The molecule has 1 aromatic heterocycles. The van der Waals surface area contributed by atoms with Crippen LogP contribution in [0.4, 0.5) is 15.2 Å². The molecular weight excluding hydrogens is 411 g/mol. The van der Waals surface area contributed by atoms with Crippen LogP contribution < -0.4 is 10.6 Å². The molecule has 2 amide bonds. The van der Waals surface area contributed by atoms with Crippen LogP contribution in [0.3, 0.4) is 0 Å². The van der Waals surface area contributed by atoms with Crippen molar-refractivity contribution >= 4 is 39.9 Å². The first-order valence-corrected chi connectivity index (χ1v) is 10.3. The third-order valence-electron chi connectivity index (χ3n) is 3.97. The molecule has 1 heterocycles. The molecule has 0 atom stereocenters. The number of esters is 1. The minimum atomic E-state index is -0.708. The minimum absolute atomic E-state index is 0.122. The molecule has 162 valence electrons. The van der Waals surface area contributed by atoms with Gasteiger partial charge in [-0.05, 0) is 36.6 Å². The number of nitrogens with zero attached hydrogens (tertiary/aromatic N) is 2. The summed E-state index contributed by atoms with van der Waals surface area (Å²) in [5, 5.41) is 7.86. The van der Waals surface area contributed by atoms with Crippen molar-refractivity contribution in [1.29, 1.82) is 0 Å². The molecule has 0 fully saturated rings. The van der Waals surface area contributed by atoms with Gasteiger partial charge in [0, 0.05) is 24.7 Å². The first-order chi connectivity index (χ1) is 14.2. The van der Waals surface area contributed by atoms with Crippen LogP contribution in [0.15, 0.2) is 29.6 Å². The lowest BCUT2D eigenvalue weighted by atomic mass is 10.1. The largest absolute Gasteiger partial charge is 0.451 e. The van der Waals surface area contributed by atoms with Gasteiger partial charge in [0.15, 0.2) is 17.4 Å². The van der Waals surface area contributed by atoms with E-state index in [1.807, 2.05) is 0 Å². The van der Waals surface area contributed by atoms with Gasteiger partial charge in [0.1, 0.15) is 5.82 Å². The van der Waals surface area contributed by atoms with Gasteiger partial charge in [-0.3, -0.25) is 9.59 Å². The van der Waals surface area contributed by atoms with Gasteiger partial charge in [0.05, 0.1) is 6.54 Å². The number of thiazole rings is 1. The number of nitrogens with one attached hydrogen (secondary N) is 2. The second-order valence-corrected chi connectivity index (χ2v) is 7.89. The van der Waals surface area contributed by atoms with Crippen LogP contribution in [0.5, 0.6) is 0 Å². The zero-order chi connectivity index (χ0) is 22.1. The van der Waals surface area contributed by atoms with E-state index in [1.54, 1.807) is 5.38 Å². The van der Waals surface area contributed by atoms with Crippen molar-refractivity contribution in [3.63, 3.8) is 0 Å². The third kappa shape index (κ3) is 7.78. The fraction of sp³-hybridized carbons (Fsp3) is 0.400. The highest BCUT2D eigenvalue weighted by Crippen LogP contribution is 2.16. The van der Waals surface area contributed by atoms with Crippen LogP contribution in [0.2, 0.25) is 0 Å². The van der Waals surface area contributed by atoms with E-state index in [2.05, 4.69) is 29.5 Å². The van der Waals surface area contributed by atoms with Crippen LogP contribution in [0.1, 0.15) is 30.8 Å². The Morgan fingerprint density at radius 2 is 1.93 bits per heavy atom. The number of rotatable bonds is 10. The summed E-state index contributed by atoms with van der Waals surface area (Å²) in [6.45, 7) is 4.24. The molecule has 0 aliphatic rings. The summed E-state index contributed by atoms with van der Waals surface area (Å²) in [5.41, 5.74) is 0.534. The van der Waals surface area contributed by atoms with Gasteiger partial charge in [0.25, 0.3) is 5.91 Å². The van der Waals surface area contributed by atoms with Crippen LogP contribution >= 0.6 is 11.3 Å². The number of hydrogen-bond donors (Lipinski definition) is 2. The minimum Gasteiger partial charge on any atom is -0.451 e. The molecular formula is C20H25FN4O4S. The van der Waals surface area contributed by atoms with Gasteiger partial charge in [0.2, 0.25) is 5.91 Å². The molecule has 10 heteroatoms. The number of hydrogen-bond acceptors (Lipinski definition) is 7. The highest BCUT2D eigenvalue weighted by Gasteiger charge is 2.18. The molecule has 0 aliphatic carbocycles. The molecule has 0 spiro atoms. The first kappa shape index (κ1) is 23.3. The molecule has 2 aromatic rings. The number of carbonyl (C=O) groups is 3. The van der Waals surface area contributed by atoms with Crippen molar-refractivity contribution in [3.05, 3.63) is 41.2 Å². The average Bonchev–Trinajstić information content (AvgIpc) is 3.16. The van der Waals surface area contributed by atoms with E-state index in [-0.39, 0.29) is 12.2 Å². The second kappa shape index (κ2) is 11.2. The Bertz CT molecular complexity index is 870. The van der Waals surface area contributed by atoms with E-state index in [4.69, 9.17) is 4.74 Å². The van der Waals surface area contributed by atoms with Crippen molar-refractivity contribution in [2.45, 2.75) is 20.3 Å². The lowest BCUT2D eigenvalue weighted by Gasteiger charge is -2.16. The highest BCUT2D eigenvalue weighted by molar-refractivity contribution is 7.13. The summed E-state index contributed by atoms with van der Waals surface area (Å²) in [7, 11) is 1.42. The number of ether oxygens (including phenoxy) is 1. The maximum atomic E-state index is 12.9. The summed E-state index contributed by atoms with van der Waals surface area (Å²) in [4.78, 5) is 41.4. The second-order valence-electron chi connectivity index (χ2n) is 7.03. The number of likely N-dealkylation sites (N-methyl/N-ethyl adjacent to an activating group) is 1. The normalized spacial score (nSPS) is 10.6. The summed E-state index contributed by atoms with van der Waals surface area (Å²) in [6.07, 6.45) is 0.981. The Balaban J connectivity index is 1.74. The SMILES string of the molecule is CC(C)CCNc1nc(C(=O)OCC(=O)N(C)CC(=O)Nc2ccc(F)cc2)cs1. The fourth-order valence-corrected chi connectivity index (χ4v) is 2.97. The van der Waals surface area contributed by atoms with Crippen LogP contribution in [0, 0.1) is 11.7 Å². The summed E-state index contributed by atoms with van der Waals surface area (Å²) in [5.74, 6) is -1.56. The molecule has 0 saturated heterocycles. The van der Waals surface area contributed by atoms with Gasteiger partial charge in [-0.2, -0.15) is 0 Å². The third-order valence-corrected chi connectivity index (χ3v) is 4.77. The molecule has 0 aliphatic heterocycles. The van der Waals surface area contributed by atoms with Crippen molar-refractivity contribution in [1.82, 2.24) is 9.88 Å². The monoisotopic (exact) mass is 436 g/mol. The number of anilines is 2. The predicted molar refractivity (Wildman–Crippen MR) is 113 cm³/mol. The Morgan fingerprint density at radius 3 is 2.60 bits per heavy atom. The number of aromatic nitrogens is 1. The Labute approximate surface area is 178 Å². The number of amides is 2. The molecule has 2 rings (SSSR count). The molecule has 0 radical (unpaired) electrons. The lowest BCUT2D eigenvalue weighted by molar-refractivity contribution is -0.136. The van der Waals surface area contributed by atoms with E-state index in [9.17, 15) is 18.8 Å². The van der Waals surface area contributed by atoms with E-state index in [1.165, 1.54) is 42.6 Å². The van der Waals surface area contributed by atoms with Crippen molar-refractivity contribution in [2.24, 2.45) is 5.92 Å². The summed E-state index contributed by atoms with van der Waals surface area (Å²) in [6, 6.07) is 5.26. The Morgan fingerprint density at radius 1 is 1.23 bits per heavy atom. The maximum Gasteiger partial charge on any atom is 0.358 e. The molecule has 0 unspecified atom stereocenters. The van der Waals surface area contributed by atoms with Gasteiger partial charge in [-0.25, -0.2) is 14.2 Å². The van der Waals surface area contributed by atoms with Crippen LogP contribution in [-0.2, 0) is 14.3 Å². The topological polar surface area (TPSA) is 101 Å². The van der Waals surface area contributed by atoms with Gasteiger partial charge >= 0.3 is 5.97 Å². The number of benzene rings is 1. The summed E-state index contributed by atoms with van der Waals surface area (Å²) >= 11 is 1.29. The van der Waals surface area contributed by atoms with Crippen LogP contribution in [0.25, 0.3) is 0 Å².